The Bertz CT molecular complexity index is 730. The fourth-order valence-electron chi connectivity index (χ4n) is 2.80. The van der Waals surface area contributed by atoms with E-state index in [9.17, 15) is 4.79 Å². The van der Waals surface area contributed by atoms with E-state index < -0.39 is 0 Å². The summed E-state index contributed by atoms with van der Waals surface area (Å²) in [6.45, 7) is 1.92. The first kappa shape index (κ1) is 16.6. The minimum Gasteiger partial charge on any atom is -0.497 e. The molecule has 0 aliphatic carbocycles. The maximum Gasteiger partial charge on any atom is 0.257 e. The highest BCUT2D eigenvalue weighted by Gasteiger charge is 2.17. The van der Waals surface area contributed by atoms with E-state index in [0.717, 1.165) is 31.7 Å². The van der Waals surface area contributed by atoms with Gasteiger partial charge in [-0.15, -0.1) is 0 Å². The first-order valence-electron chi connectivity index (χ1n) is 8.03. The molecule has 1 aliphatic heterocycles. The Morgan fingerprint density at radius 2 is 2.04 bits per heavy atom. The molecule has 0 atom stereocenters. The number of pyridine rings is 1. The zero-order valence-electron chi connectivity index (χ0n) is 13.6. The van der Waals surface area contributed by atoms with Gasteiger partial charge in [0.25, 0.3) is 5.91 Å². The predicted octanol–water partition coefficient (Wildman–Crippen LogP) is 3.99. The van der Waals surface area contributed by atoms with Crippen LogP contribution in [0.1, 0.15) is 29.6 Å². The van der Waals surface area contributed by atoms with E-state index in [1.54, 1.807) is 31.5 Å². The number of aromatic nitrogens is 1. The Kier molecular flexibility index (Phi) is 5.20. The molecule has 3 rings (SSSR count). The van der Waals surface area contributed by atoms with Crippen LogP contribution in [0.2, 0.25) is 5.02 Å². The number of carbonyl (C=O) groups is 1. The fraction of sp³-hybridized carbons (Fsp3) is 0.333. The number of hydrogen-bond donors (Lipinski definition) is 1. The lowest BCUT2D eigenvalue weighted by Crippen LogP contribution is -2.30. The summed E-state index contributed by atoms with van der Waals surface area (Å²) in [4.78, 5) is 19.0. The summed E-state index contributed by atoms with van der Waals surface area (Å²) < 4.78 is 5.15. The normalized spacial score (nSPS) is 14.3. The monoisotopic (exact) mass is 345 g/mol. The molecule has 2 heterocycles. The molecule has 5 nitrogen and oxygen atoms in total. The molecular formula is C18H20ClN3O2. The molecule has 1 aliphatic rings. The van der Waals surface area contributed by atoms with Crippen LogP contribution in [0.15, 0.2) is 36.5 Å². The van der Waals surface area contributed by atoms with Gasteiger partial charge in [0, 0.05) is 31.0 Å². The summed E-state index contributed by atoms with van der Waals surface area (Å²) in [6.07, 6.45) is 5.12. The van der Waals surface area contributed by atoms with Crippen molar-refractivity contribution in [2.75, 3.05) is 30.4 Å². The lowest BCUT2D eigenvalue weighted by atomic mass is 10.1. The number of carbonyl (C=O) groups excluding carboxylic acids is 1. The van der Waals surface area contributed by atoms with Crippen LogP contribution in [0, 0.1) is 0 Å². The third-order valence-electron chi connectivity index (χ3n) is 4.07. The Morgan fingerprint density at radius 1 is 1.25 bits per heavy atom. The second-order valence-electron chi connectivity index (χ2n) is 5.76. The number of benzene rings is 1. The first-order valence-corrected chi connectivity index (χ1v) is 8.41. The lowest BCUT2D eigenvalue weighted by Gasteiger charge is -2.28. The highest BCUT2D eigenvalue weighted by atomic mass is 35.5. The van der Waals surface area contributed by atoms with Crippen molar-refractivity contribution in [3.05, 3.63) is 47.1 Å². The average molecular weight is 346 g/mol. The quantitative estimate of drug-likeness (QED) is 0.910. The molecule has 24 heavy (non-hydrogen) atoms. The Labute approximate surface area is 146 Å². The molecule has 0 radical (unpaired) electrons. The number of rotatable bonds is 4. The molecule has 2 aromatic rings. The summed E-state index contributed by atoms with van der Waals surface area (Å²) in [5.74, 6) is 1.20. The molecule has 1 N–H and O–H groups in total. The summed E-state index contributed by atoms with van der Waals surface area (Å²) >= 11 is 6.35. The number of ether oxygens (including phenoxy) is 1. The number of halogens is 1. The highest BCUT2D eigenvalue weighted by molar-refractivity contribution is 6.33. The fourth-order valence-corrected chi connectivity index (χ4v) is 3.08. The Balaban J connectivity index is 1.74. The van der Waals surface area contributed by atoms with Crippen molar-refractivity contribution in [1.82, 2.24) is 4.98 Å². The van der Waals surface area contributed by atoms with Crippen molar-refractivity contribution in [3.63, 3.8) is 0 Å². The van der Waals surface area contributed by atoms with Gasteiger partial charge in [-0.1, -0.05) is 17.7 Å². The minimum atomic E-state index is -0.247. The van der Waals surface area contributed by atoms with Gasteiger partial charge in [0.15, 0.2) is 0 Å². The van der Waals surface area contributed by atoms with E-state index in [4.69, 9.17) is 16.3 Å². The third-order valence-corrected chi connectivity index (χ3v) is 4.35. The van der Waals surface area contributed by atoms with Crippen LogP contribution < -0.4 is 15.0 Å². The largest absolute Gasteiger partial charge is 0.497 e. The van der Waals surface area contributed by atoms with Crippen LogP contribution in [-0.2, 0) is 0 Å². The minimum absolute atomic E-state index is 0.247. The molecule has 1 fully saturated rings. The average Bonchev–Trinajstić information content (AvgIpc) is 2.62. The number of piperidine rings is 1. The maximum absolute atomic E-state index is 12.4. The summed E-state index contributed by atoms with van der Waals surface area (Å²) in [5.41, 5.74) is 1.10. The third kappa shape index (κ3) is 3.79. The number of amides is 1. The van der Waals surface area contributed by atoms with Gasteiger partial charge < -0.3 is 15.0 Å². The zero-order valence-corrected chi connectivity index (χ0v) is 14.3. The van der Waals surface area contributed by atoms with E-state index in [1.165, 1.54) is 6.42 Å². The molecule has 1 amide bonds. The number of hydrogen-bond acceptors (Lipinski definition) is 4. The summed E-state index contributed by atoms with van der Waals surface area (Å²) in [6, 6.07) is 8.88. The Hall–Kier alpha value is -2.27. The van der Waals surface area contributed by atoms with Gasteiger partial charge in [0.2, 0.25) is 0 Å². The standard InChI is InChI=1S/C18H20ClN3O2/c1-24-15-7-5-6-14(11-15)21-18(23)13-10-16(19)17(20-12-13)22-8-3-2-4-9-22/h5-7,10-12H,2-4,8-9H2,1H3,(H,21,23). The Morgan fingerprint density at radius 3 is 2.75 bits per heavy atom. The van der Waals surface area contributed by atoms with E-state index in [1.807, 2.05) is 12.1 Å². The van der Waals surface area contributed by atoms with Crippen LogP contribution >= 0.6 is 11.6 Å². The van der Waals surface area contributed by atoms with Crippen LogP contribution in [0.5, 0.6) is 5.75 Å². The molecule has 0 saturated carbocycles. The number of anilines is 2. The molecule has 0 bridgehead atoms. The number of nitrogens with one attached hydrogen (secondary N) is 1. The molecule has 1 aromatic heterocycles. The van der Waals surface area contributed by atoms with E-state index >= 15 is 0 Å². The number of nitrogens with zero attached hydrogens (tertiary/aromatic N) is 2. The molecule has 1 aromatic carbocycles. The van der Waals surface area contributed by atoms with Crippen LogP contribution in [0.3, 0.4) is 0 Å². The molecule has 1 saturated heterocycles. The zero-order chi connectivity index (χ0) is 16.9. The molecule has 126 valence electrons. The van der Waals surface area contributed by atoms with Crippen molar-refractivity contribution in [2.45, 2.75) is 19.3 Å². The SMILES string of the molecule is COc1cccc(NC(=O)c2cnc(N3CCCCC3)c(Cl)c2)c1. The van der Waals surface area contributed by atoms with Crippen LogP contribution in [0.4, 0.5) is 11.5 Å². The van der Waals surface area contributed by atoms with Gasteiger partial charge in [0.1, 0.15) is 11.6 Å². The smallest absolute Gasteiger partial charge is 0.257 e. The maximum atomic E-state index is 12.4. The molecule has 6 heteroatoms. The predicted molar refractivity (Wildman–Crippen MR) is 96.3 cm³/mol. The van der Waals surface area contributed by atoms with Crippen molar-refractivity contribution in [2.24, 2.45) is 0 Å². The summed E-state index contributed by atoms with van der Waals surface area (Å²) in [7, 11) is 1.59. The highest BCUT2D eigenvalue weighted by Crippen LogP contribution is 2.27. The van der Waals surface area contributed by atoms with Crippen LogP contribution in [-0.4, -0.2) is 31.1 Å². The van der Waals surface area contributed by atoms with Gasteiger partial charge in [-0.3, -0.25) is 4.79 Å². The van der Waals surface area contributed by atoms with Crippen LogP contribution in [0.25, 0.3) is 0 Å². The second-order valence-corrected chi connectivity index (χ2v) is 6.17. The van der Waals surface area contributed by atoms with Gasteiger partial charge >= 0.3 is 0 Å². The van der Waals surface area contributed by atoms with E-state index in [0.29, 0.717) is 22.0 Å². The molecule has 0 spiro atoms. The second kappa shape index (κ2) is 7.53. The van der Waals surface area contributed by atoms with Gasteiger partial charge in [-0.2, -0.15) is 0 Å². The van der Waals surface area contributed by atoms with Crippen molar-refractivity contribution in [3.8, 4) is 5.75 Å². The van der Waals surface area contributed by atoms with Gasteiger partial charge in [-0.05, 0) is 37.5 Å². The topological polar surface area (TPSA) is 54.5 Å². The van der Waals surface area contributed by atoms with Gasteiger partial charge in [-0.25, -0.2) is 4.98 Å². The van der Waals surface area contributed by atoms with Crippen molar-refractivity contribution >= 4 is 29.0 Å². The van der Waals surface area contributed by atoms with Crippen molar-refractivity contribution < 1.29 is 9.53 Å². The number of methoxy groups -OCH3 is 1. The van der Waals surface area contributed by atoms with Crippen molar-refractivity contribution in [1.29, 1.82) is 0 Å². The summed E-state index contributed by atoms with van der Waals surface area (Å²) in [5, 5.41) is 3.34. The molecular weight excluding hydrogens is 326 g/mol. The van der Waals surface area contributed by atoms with Gasteiger partial charge in [0.05, 0.1) is 17.7 Å². The molecule has 0 unspecified atom stereocenters. The van der Waals surface area contributed by atoms with E-state index in [2.05, 4.69) is 15.2 Å². The van der Waals surface area contributed by atoms with E-state index in [-0.39, 0.29) is 5.91 Å². The lowest BCUT2D eigenvalue weighted by molar-refractivity contribution is 0.102. The first-order chi connectivity index (χ1) is 11.7.